The zero-order valence-corrected chi connectivity index (χ0v) is 42.8. The molecule has 0 aliphatic carbocycles. The zero-order chi connectivity index (χ0) is 47.6. The minimum Gasteiger partial charge on any atom is -0.457 e. The maximum absolute atomic E-state index is 12.8. The van der Waals surface area contributed by atoms with E-state index in [2.05, 4.69) is 135 Å². The topological polar surface area (TPSA) is 91.3 Å². The van der Waals surface area contributed by atoms with Crippen LogP contribution in [0.3, 0.4) is 0 Å². The van der Waals surface area contributed by atoms with Gasteiger partial charge >= 0.3 is 13.8 Å². The van der Waals surface area contributed by atoms with Gasteiger partial charge < -0.3 is 18.9 Å². The van der Waals surface area contributed by atoms with E-state index in [-0.39, 0.29) is 32.2 Å². The Kier molecular flexibility index (Phi) is 45.1. The van der Waals surface area contributed by atoms with Gasteiger partial charge in [-0.1, -0.05) is 180 Å². The molecule has 2 atom stereocenters. The van der Waals surface area contributed by atoms with Gasteiger partial charge in [0.1, 0.15) is 19.3 Å². The lowest BCUT2D eigenvalue weighted by Gasteiger charge is -2.24. The van der Waals surface area contributed by atoms with E-state index in [9.17, 15) is 14.3 Å². The van der Waals surface area contributed by atoms with E-state index in [0.717, 1.165) is 103 Å². The Morgan fingerprint density at radius 2 is 0.846 bits per heavy atom. The van der Waals surface area contributed by atoms with Crippen LogP contribution in [0.15, 0.2) is 122 Å². The van der Waals surface area contributed by atoms with Crippen LogP contribution in [0.5, 0.6) is 0 Å². The fourth-order valence-electron chi connectivity index (χ4n) is 6.19. The average molecular weight is 925 g/mol. The Bertz CT molecular complexity index is 1450. The second-order valence-electron chi connectivity index (χ2n) is 17.4. The van der Waals surface area contributed by atoms with Crippen molar-refractivity contribution in [2.45, 2.75) is 174 Å². The van der Waals surface area contributed by atoms with E-state index < -0.39 is 13.9 Å². The van der Waals surface area contributed by atoms with E-state index >= 15 is 0 Å². The van der Waals surface area contributed by atoms with Crippen LogP contribution in [0.1, 0.15) is 168 Å². The number of carbonyl (C=O) groups excluding carboxylic acids is 1. The summed E-state index contributed by atoms with van der Waals surface area (Å²) in [5, 5.41) is 0. The van der Waals surface area contributed by atoms with Gasteiger partial charge in [0.2, 0.25) is 0 Å². The molecule has 0 aromatic heterocycles. The van der Waals surface area contributed by atoms with Crippen LogP contribution in [0, 0.1) is 0 Å². The minimum absolute atomic E-state index is 0.0725. The Morgan fingerprint density at radius 3 is 1.26 bits per heavy atom. The highest BCUT2D eigenvalue weighted by Crippen LogP contribution is 2.43. The molecule has 0 saturated carbocycles. The summed E-state index contributed by atoms with van der Waals surface area (Å²) in [5.41, 5.74) is 0. The third kappa shape index (κ3) is 51.7. The first kappa shape index (κ1) is 61.9. The van der Waals surface area contributed by atoms with Crippen molar-refractivity contribution < 1.29 is 37.3 Å². The van der Waals surface area contributed by atoms with Crippen molar-refractivity contribution in [3.05, 3.63) is 122 Å². The molecule has 9 heteroatoms. The van der Waals surface area contributed by atoms with Gasteiger partial charge in [0.05, 0.1) is 34.4 Å². The number of rotatable bonds is 45. The highest BCUT2D eigenvalue weighted by atomic mass is 31.2. The van der Waals surface area contributed by atoms with E-state index in [1.807, 2.05) is 21.1 Å². The molecule has 0 heterocycles. The van der Waals surface area contributed by atoms with Crippen LogP contribution in [0.4, 0.5) is 0 Å². The Hall–Kier alpha value is -3.10. The molecule has 0 fully saturated rings. The minimum atomic E-state index is -4.30. The number of esters is 1. The third-order valence-corrected chi connectivity index (χ3v) is 11.0. The largest absolute Gasteiger partial charge is 0.472 e. The highest BCUT2D eigenvalue weighted by Gasteiger charge is 2.26. The Morgan fingerprint density at radius 1 is 0.477 bits per heavy atom. The number of unbranched alkanes of at least 4 members (excludes halogenated alkanes) is 11. The van der Waals surface area contributed by atoms with Crippen molar-refractivity contribution in [1.29, 1.82) is 0 Å². The number of allylic oxidation sites excluding steroid dienone is 20. The fraction of sp³-hybridized carbons (Fsp3) is 0.625. The molecule has 0 spiro atoms. The Balaban J connectivity index is 4.28. The van der Waals surface area contributed by atoms with Crippen LogP contribution in [-0.2, 0) is 27.9 Å². The van der Waals surface area contributed by atoms with Crippen molar-refractivity contribution in [3.8, 4) is 0 Å². The first-order valence-corrected chi connectivity index (χ1v) is 26.8. The zero-order valence-electron chi connectivity index (χ0n) is 41.9. The van der Waals surface area contributed by atoms with E-state index in [4.69, 9.17) is 18.5 Å². The molecule has 0 aliphatic rings. The standard InChI is InChI=1S/C56H94NO7P/c1-6-8-10-12-14-16-18-20-22-24-26-27-28-29-30-31-32-33-35-37-39-41-43-45-47-49-56(58)64-55(54-63-65(59,60)62-52-50-57(3,4)5)53-61-51-48-46-44-42-40-38-36-34-25-23-21-19-17-15-13-11-9-7-2/h8-11,14-17,20-23,26-27,29-30,32-33,37,39,55H,6-7,12-13,18-19,24-25,28,31,34-36,38,40-54H2,1-5H3/p+1/b10-8-,11-9-,16-14-,17-15-,22-20-,23-21-,27-26-,30-29-,33-32-,39-37-. The summed E-state index contributed by atoms with van der Waals surface area (Å²) >= 11 is 0. The van der Waals surface area contributed by atoms with E-state index in [1.54, 1.807) is 0 Å². The maximum atomic E-state index is 12.8. The van der Waals surface area contributed by atoms with Gasteiger partial charge in [-0.3, -0.25) is 13.8 Å². The molecule has 0 aromatic carbocycles. The summed E-state index contributed by atoms with van der Waals surface area (Å²) in [6, 6.07) is 0. The summed E-state index contributed by atoms with van der Waals surface area (Å²) in [6.07, 6.45) is 68.2. The first-order chi connectivity index (χ1) is 31.6. The summed E-state index contributed by atoms with van der Waals surface area (Å²) in [7, 11) is 1.62. The third-order valence-electron chi connectivity index (χ3n) is 10.0. The number of nitrogens with zero attached hydrogens (tertiary/aromatic N) is 1. The van der Waals surface area contributed by atoms with Gasteiger partial charge in [0.15, 0.2) is 0 Å². The number of ether oxygens (including phenoxy) is 2. The molecular weight excluding hydrogens is 830 g/mol. The molecule has 0 aliphatic heterocycles. The van der Waals surface area contributed by atoms with Crippen LogP contribution >= 0.6 is 7.82 Å². The number of hydrogen-bond acceptors (Lipinski definition) is 6. The summed E-state index contributed by atoms with van der Waals surface area (Å²) < 4.78 is 35.1. The molecule has 0 amide bonds. The van der Waals surface area contributed by atoms with Gasteiger partial charge in [0, 0.05) is 13.0 Å². The molecule has 8 nitrogen and oxygen atoms in total. The summed E-state index contributed by atoms with van der Waals surface area (Å²) in [6.45, 7) is 5.30. The quantitative estimate of drug-likeness (QED) is 0.0214. The van der Waals surface area contributed by atoms with Gasteiger partial charge in [-0.25, -0.2) is 4.57 Å². The van der Waals surface area contributed by atoms with Gasteiger partial charge in [-0.2, -0.15) is 0 Å². The fourth-order valence-corrected chi connectivity index (χ4v) is 6.93. The molecule has 2 unspecified atom stereocenters. The smallest absolute Gasteiger partial charge is 0.457 e. The number of quaternary nitrogens is 1. The normalized spacial score (nSPS) is 14.6. The number of carbonyl (C=O) groups is 1. The molecule has 0 bridgehead atoms. The lowest BCUT2D eigenvalue weighted by molar-refractivity contribution is -0.870. The molecule has 0 rings (SSSR count). The predicted octanol–water partition coefficient (Wildman–Crippen LogP) is 15.7. The van der Waals surface area contributed by atoms with Crippen molar-refractivity contribution in [2.75, 3.05) is 54.1 Å². The lowest BCUT2D eigenvalue weighted by Crippen LogP contribution is -2.37. The Labute approximate surface area is 399 Å². The summed E-state index contributed by atoms with van der Waals surface area (Å²) in [4.78, 5) is 23.0. The molecule has 0 radical (unpaired) electrons. The van der Waals surface area contributed by atoms with Crippen LogP contribution < -0.4 is 0 Å². The first-order valence-electron chi connectivity index (χ1n) is 25.3. The van der Waals surface area contributed by atoms with Crippen LogP contribution in [-0.4, -0.2) is 75.6 Å². The molecule has 370 valence electrons. The highest BCUT2D eigenvalue weighted by molar-refractivity contribution is 7.47. The van der Waals surface area contributed by atoms with Crippen molar-refractivity contribution >= 4 is 13.8 Å². The molecular formula is C56H95NO7P+. The number of phosphoric ester groups is 1. The molecule has 1 N–H and O–H groups in total. The van der Waals surface area contributed by atoms with Gasteiger partial charge in [0.25, 0.3) is 0 Å². The molecule has 0 aromatic rings. The molecule has 65 heavy (non-hydrogen) atoms. The SMILES string of the molecule is CC/C=C\C/C=C\C/C=C\C/C=C\C/C=C\C/C=C\C/C=C\CCCCCC(=O)OC(COCCCCCCCCCC/C=C\C/C=C\C/C=C\CC)COP(=O)(O)OCC[N+](C)(C)C. The number of phosphoric acid groups is 1. The number of likely N-dealkylation sites (N-methyl/N-ethyl adjacent to an activating group) is 1. The maximum Gasteiger partial charge on any atom is 0.472 e. The molecule has 0 saturated heterocycles. The van der Waals surface area contributed by atoms with Crippen LogP contribution in [0.25, 0.3) is 0 Å². The number of hydrogen-bond donors (Lipinski definition) is 1. The van der Waals surface area contributed by atoms with E-state index in [1.165, 1.54) is 38.5 Å². The van der Waals surface area contributed by atoms with Gasteiger partial charge in [-0.05, 0) is 103 Å². The van der Waals surface area contributed by atoms with E-state index in [0.29, 0.717) is 24.1 Å². The van der Waals surface area contributed by atoms with Crippen LogP contribution in [0.2, 0.25) is 0 Å². The second kappa shape index (κ2) is 47.4. The van der Waals surface area contributed by atoms with Gasteiger partial charge in [-0.15, -0.1) is 0 Å². The second-order valence-corrected chi connectivity index (χ2v) is 18.9. The monoisotopic (exact) mass is 925 g/mol. The van der Waals surface area contributed by atoms with Crippen molar-refractivity contribution in [1.82, 2.24) is 0 Å². The average Bonchev–Trinajstić information content (AvgIpc) is 3.27. The van der Waals surface area contributed by atoms with Crippen molar-refractivity contribution in [3.63, 3.8) is 0 Å². The predicted molar refractivity (Wildman–Crippen MR) is 279 cm³/mol. The van der Waals surface area contributed by atoms with Crippen molar-refractivity contribution in [2.24, 2.45) is 0 Å². The lowest BCUT2D eigenvalue weighted by atomic mass is 10.1. The summed E-state index contributed by atoms with van der Waals surface area (Å²) in [5.74, 6) is -0.353.